The summed E-state index contributed by atoms with van der Waals surface area (Å²) in [6.07, 6.45) is 4.55. The molecule has 0 radical (unpaired) electrons. The number of hydrogen-bond donors (Lipinski definition) is 1. The smallest absolute Gasteiger partial charge is 0.274 e. The van der Waals surface area contributed by atoms with Crippen molar-refractivity contribution in [1.29, 1.82) is 0 Å². The van der Waals surface area contributed by atoms with E-state index >= 15 is 0 Å². The van der Waals surface area contributed by atoms with Crippen LogP contribution in [0.4, 0.5) is 0 Å². The van der Waals surface area contributed by atoms with Crippen LogP contribution < -0.4 is 10.2 Å². The Labute approximate surface area is 115 Å². The fraction of sp³-hybridized carbons (Fsp3) is 0.462. The van der Waals surface area contributed by atoms with E-state index in [9.17, 15) is 4.79 Å². The molecule has 1 aliphatic rings. The molecule has 18 heavy (non-hydrogen) atoms. The fourth-order valence-electron chi connectivity index (χ4n) is 2.01. The molecule has 0 aromatic heterocycles. The third-order valence-electron chi connectivity index (χ3n) is 3.03. The van der Waals surface area contributed by atoms with Crippen molar-refractivity contribution >= 4 is 21.8 Å². The van der Waals surface area contributed by atoms with Gasteiger partial charge in [0.2, 0.25) is 0 Å². The minimum Gasteiger partial charge on any atom is -0.496 e. The van der Waals surface area contributed by atoms with Crippen LogP contribution in [0.15, 0.2) is 22.7 Å². The Kier molecular flexibility index (Phi) is 4.60. The average Bonchev–Trinajstić information content (AvgIpc) is 2.89. The van der Waals surface area contributed by atoms with E-state index < -0.39 is 0 Å². The van der Waals surface area contributed by atoms with Crippen LogP contribution in [0.25, 0.3) is 0 Å². The zero-order valence-corrected chi connectivity index (χ0v) is 11.8. The van der Waals surface area contributed by atoms with Gasteiger partial charge >= 0.3 is 0 Å². The van der Waals surface area contributed by atoms with Gasteiger partial charge in [-0.2, -0.15) is 0 Å². The molecule has 1 saturated carbocycles. The molecule has 1 fully saturated rings. The van der Waals surface area contributed by atoms with Gasteiger partial charge in [0.05, 0.1) is 17.7 Å². The second-order valence-electron chi connectivity index (χ2n) is 4.30. The van der Waals surface area contributed by atoms with Crippen LogP contribution in [0.3, 0.4) is 0 Å². The Balaban J connectivity index is 1.93. The van der Waals surface area contributed by atoms with Gasteiger partial charge in [0, 0.05) is 5.56 Å². The Morgan fingerprint density at radius 3 is 2.72 bits per heavy atom. The quantitative estimate of drug-likeness (QED) is 0.869. The maximum absolute atomic E-state index is 11.9. The number of carbonyl (C=O) groups excluding carboxylic acids is 1. The van der Waals surface area contributed by atoms with E-state index in [1.54, 1.807) is 25.3 Å². The lowest BCUT2D eigenvalue weighted by atomic mass is 10.2. The molecule has 98 valence electrons. The van der Waals surface area contributed by atoms with Crippen molar-refractivity contribution in [3.8, 4) is 5.75 Å². The molecule has 0 unspecified atom stereocenters. The second kappa shape index (κ2) is 6.20. The topological polar surface area (TPSA) is 47.6 Å². The Morgan fingerprint density at radius 2 is 2.11 bits per heavy atom. The van der Waals surface area contributed by atoms with E-state index in [-0.39, 0.29) is 12.0 Å². The number of halogens is 1. The third kappa shape index (κ3) is 3.23. The largest absolute Gasteiger partial charge is 0.496 e. The number of amides is 1. The number of benzene rings is 1. The van der Waals surface area contributed by atoms with Crippen molar-refractivity contribution in [3.63, 3.8) is 0 Å². The number of hydroxylamine groups is 1. The first-order chi connectivity index (χ1) is 8.70. The van der Waals surface area contributed by atoms with Crippen LogP contribution in [0.2, 0.25) is 0 Å². The van der Waals surface area contributed by atoms with Crippen LogP contribution >= 0.6 is 15.9 Å². The molecular formula is C13H16BrNO3. The lowest BCUT2D eigenvalue weighted by Crippen LogP contribution is -2.28. The molecule has 1 N–H and O–H groups in total. The van der Waals surface area contributed by atoms with Crippen LogP contribution in [-0.4, -0.2) is 19.1 Å². The first-order valence-corrected chi connectivity index (χ1v) is 6.79. The molecular weight excluding hydrogens is 298 g/mol. The van der Waals surface area contributed by atoms with Crippen molar-refractivity contribution in [2.75, 3.05) is 7.11 Å². The lowest BCUT2D eigenvalue weighted by molar-refractivity contribution is -0.0124. The summed E-state index contributed by atoms with van der Waals surface area (Å²) in [5.41, 5.74) is 3.05. The van der Waals surface area contributed by atoms with Crippen molar-refractivity contribution in [2.45, 2.75) is 31.8 Å². The van der Waals surface area contributed by atoms with Gasteiger partial charge in [0.15, 0.2) is 0 Å². The zero-order valence-electron chi connectivity index (χ0n) is 10.2. The summed E-state index contributed by atoms with van der Waals surface area (Å²) in [7, 11) is 1.59. The normalized spacial score (nSPS) is 15.7. The molecule has 0 spiro atoms. The molecule has 1 aromatic carbocycles. The summed E-state index contributed by atoms with van der Waals surface area (Å²) in [6, 6.07) is 5.16. The van der Waals surface area contributed by atoms with Gasteiger partial charge in [-0.3, -0.25) is 9.63 Å². The maximum atomic E-state index is 11.9. The number of methoxy groups -OCH3 is 1. The van der Waals surface area contributed by atoms with Crippen molar-refractivity contribution < 1.29 is 14.4 Å². The third-order valence-corrected chi connectivity index (χ3v) is 3.65. The van der Waals surface area contributed by atoms with Gasteiger partial charge in [-0.1, -0.05) is 12.8 Å². The molecule has 0 bridgehead atoms. The van der Waals surface area contributed by atoms with E-state index in [1.165, 1.54) is 12.8 Å². The van der Waals surface area contributed by atoms with Crippen LogP contribution in [-0.2, 0) is 4.84 Å². The molecule has 4 nitrogen and oxygen atoms in total. The summed E-state index contributed by atoms with van der Waals surface area (Å²) >= 11 is 3.35. The summed E-state index contributed by atoms with van der Waals surface area (Å²) in [5.74, 6) is 0.466. The monoisotopic (exact) mass is 313 g/mol. The molecule has 5 heteroatoms. The fourth-order valence-corrected chi connectivity index (χ4v) is 2.55. The Hall–Kier alpha value is -1.07. The van der Waals surface area contributed by atoms with Gasteiger partial charge in [0.25, 0.3) is 5.91 Å². The van der Waals surface area contributed by atoms with Gasteiger partial charge in [-0.15, -0.1) is 0 Å². The average molecular weight is 314 g/mol. The number of rotatable bonds is 4. The Bertz CT molecular complexity index is 430. The van der Waals surface area contributed by atoms with Crippen molar-refractivity contribution in [1.82, 2.24) is 5.48 Å². The number of hydrogen-bond acceptors (Lipinski definition) is 3. The second-order valence-corrected chi connectivity index (χ2v) is 5.16. The van der Waals surface area contributed by atoms with E-state index in [0.29, 0.717) is 11.3 Å². The molecule has 1 aliphatic carbocycles. The highest BCUT2D eigenvalue weighted by molar-refractivity contribution is 9.10. The maximum Gasteiger partial charge on any atom is 0.274 e. The minimum atomic E-state index is -0.231. The molecule has 0 heterocycles. The SMILES string of the molecule is COc1ccc(C(=O)NOC2CCCC2)cc1Br. The summed E-state index contributed by atoms with van der Waals surface area (Å²) in [5, 5.41) is 0. The van der Waals surface area contributed by atoms with Crippen LogP contribution in [0.5, 0.6) is 5.75 Å². The summed E-state index contributed by atoms with van der Waals surface area (Å²) in [4.78, 5) is 17.2. The minimum absolute atomic E-state index is 0.163. The first kappa shape index (κ1) is 13.4. The van der Waals surface area contributed by atoms with Crippen molar-refractivity contribution in [3.05, 3.63) is 28.2 Å². The van der Waals surface area contributed by atoms with Crippen LogP contribution in [0, 0.1) is 0 Å². The highest BCUT2D eigenvalue weighted by Crippen LogP contribution is 2.25. The predicted octanol–water partition coefficient (Wildman–Crippen LogP) is 3.06. The number of nitrogens with one attached hydrogen (secondary N) is 1. The van der Waals surface area contributed by atoms with Gasteiger partial charge in [-0.25, -0.2) is 5.48 Å². The Morgan fingerprint density at radius 1 is 1.39 bits per heavy atom. The van der Waals surface area contributed by atoms with Gasteiger partial charge in [-0.05, 0) is 47.0 Å². The van der Waals surface area contributed by atoms with Crippen LogP contribution in [0.1, 0.15) is 36.0 Å². The zero-order chi connectivity index (χ0) is 13.0. The molecule has 2 rings (SSSR count). The first-order valence-electron chi connectivity index (χ1n) is 6.00. The molecule has 1 amide bonds. The number of carbonyl (C=O) groups is 1. The summed E-state index contributed by atoms with van der Waals surface area (Å²) < 4.78 is 5.86. The van der Waals surface area contributed by atoms with E-state index in [0.717, 1.165) is 17.3 Å². The molecule has 0 saturated heterocycles. The van der Waals surface area contributed by atoms with Gasteiger partial charge in [0.1, 0.15) is 5.75 Å². The predicted molar refractivity (Wildman–Crippen MR) is 71.5 cm³/mol. The molecule has 0 atom stereocenters. The highest BCUT2D eigenvalue weighted by atomic mass is 79.9. The highest BCUT2D eigenvalue weighted by Gasteiger charge is 2.17. The summed E-state index contributed by atoms with van der Waals surface area (Å²) in [6.45, 7) is 0. The van der Waals surface area contributed by atoms with Crippen molar-refractivity contribution in [2.24, 2.45) is 0 Å². The van der Waals surface area contributed by atoms with E-state index in [1.807, 2.05) is 0 Å². The molecule has 0 aliphatic heterocycles. The van der Waals surface area contributed by atoms with E-state index in [4.69, 9.17) is 9.57 Å². The lowest BCUT2D eigenvalue weighted by Gasteiger charge is -2.12. The standard InChI is InChI=1S/C13H16BrNO3/c1-17-12-7-6-9(8-11(12)14)13(16)15-18-10-4-2-3-5-10/h6-8,10H,2-5H2,1H3,(H,15,16). The van der Waals surface area contributed by atoms with Gasteiger partial charge < -0.3 is 4.74 Å². The number of ether oxygens (including phenoxy) is 1. The van der Waals surface area contributed by atoms with E-state index in [2.05, 4.69) is 21.4 Å². The molecule has 1 aromatic rings.